The van der Waals surface area contributed by atoms with Gasteiger partial charge in [-0.1, -0.05) is 12.1 Å². The van der Waals surface area contributed by atoms with Crippen molar-refractivity contribution in [2.45, 2.75) is 25.0 Å². The number of hydrogen-bond acceptors (Lipinski definition) is 4. The summed E-state index contributed by atoms with van der Waals surface area (Å²) in [5.74, 6) is 2.20. The highest BCUT2D eigenvalue weighted by Gasteiger charge is 2.32. The van der Waals surface area contributed by atoms with Crippen LogP contribution in [0.3, 0.4) is 0 Å². The van der Waals surface area contributed by atoms with Crippen LogP contribution in [0.5, 0.6) is 11.5 Å². The Balaban J connectivity index is 1.39. The minimum atomic E-state index is -0.163. The number of amides is 2. The lowest BCUT2D eigenvalue weighted by Crippen LogP contribution is -2.48. The maximum atomic E-state index is 12.0. The van der Waals surface area contributed by atoms with Gasteiger partial charge in [-0.2, -0.15) is 0 Å². The average Bonchev–Trinajstić information content (AvgIpc) is 3.37. The van der Waals surface area contributed by atoms with E-state index in [9.17, 15) is 4.79 Å². The van der Waals surface area contributed by atoms with Crippen molar-refractivity contribution in [1.82, 2.24) is 15.5 Å². The minimum Gasteiger partial charge on any atom is -0.486 e. The molecule has 1 heterocycles. The number of fused-ring (bicyclic) bond motifs is 1. The second-order valence-corrected chi connectivity index (χ2v) is 6.46. The smallest absolute Gasteiger partial charge is 0.314 e. The van der Waals surface area contributed by atoms with E-state index in [1.807, 2.05) is 24.3 Å². The molecular weight excluding hydrogens is 294 g/mol. The van der Waals surface area contributed by atoms with Gasteiger partial charge in [0.1, 0.15) is 6.61 Å². The summed E-state index contributed by atoms with van der Waals surface area (Å²) in [6, 6.07) is 7.84. The predicted molar refractivity (Wildman–Crippen MR) is 88.0 cm³/mol. The van der Waals surface area contributed by atoms with Gasteiger partial charge in [0, 0.05) is 12.6 Å². The lowest BCUT2D eigenvalue weighted by atomic mass is 10.1. The zero-order valence-electron chi connectivity index (χ0n) is 13.7. The molecule has 1 aromatic rings. The quantitative estimate of drug-likeness (QED) is 0.833. The Labute approximate surface area is 137 Å². The summed E-state index contributed by atoms with van der Waals surface area (Å²) in [7, 11) is 4.13. The van der Waals surface area contributed by atoms with Gasteiger partial charge in [0.25, 0.3) is 0 Å². The van der Waals surface area contributed by atoms with Crippen molar-refractivity contribution >= 4 is 6.03 Å². The van der Waals surface area contributed by atoms with E-state index in [0.717, 1.165) is 17.4 Å². The van der Waals surface area contributed by atoms with Crippen LogP contribution in [-0.4, -0.2) is 56.9 Å². The summed E-state index contributed by atoms with van der Waals surface area (Å²) in [5, 5.41) is 5.82. The molecule has 0 aromatic heterocycles. The SMILES string of the molecule is CN(C)[C@H](CNC(=O)NC[C@@H]1COc2ccccc2O1)C1CC1. The first-order valence-electron chi connectivity index (χ1n) is 8.20. The van der Waals surface area contributed by atoms with Gasteiger partial charge >= 0.3 is 6.03 Å². The second-order valence-electron chi connectivity index (χ2n) is 6.46. The van der Waals surface area contributed by atoms with Crippen LogP contribution in [0.15, 0.2) is 24.3 Å². The summed E-state index contributed by atoms with van der Waals surface area (Å²) in [6.07, 6.45) is 2.36. The highest BCUT2D eigenvalue weighted by molar-refractivity contribution is 5.73. The van der Waals surface area contributed by atoms with Crippen LogP contribution in [0, 0.1) is 5.92 Å². The molecule has 2 amide bonds. The number of benzene rings is 1. The first-order valence-corrected chi connectivity index (χ1v) is 8.20. The lowest BCUT2D eigenvalue weighted by Gasteiger charge is -2.27. The number of rotatable bonds is 6. The van der Waals surface area contributed by atoms with Gasteiger partial charge in [0.2, 0.25) is 0 Å². The van der Waals surface area contributed by atoms with Gasteiger partial charge in [0.05, 0.1) is 6.54 Å². The third-order valence-electron chi connectivity index (χ3n) is 4.36. The number of urea groups is 1. The van der Waals surface area contributed by atoms with E-state index in [-0.39, 0.29) is 12.1 Å². The Morgan fingerprint density at radius 1 is 1.26 bits per heavy atom. The van der Waals surface area contributed by atoms with Crippen molar-refractivity contribution in [2.75, 3.05) is 33.8 Å². The maximum Gasteiger partial charge on any atom is 0.314 e. The van der Waals surface area contributed by atoms with Crippen LogP contribution in [0.2, 0.25) is 0 Å². The predicted octanol–water partition coefficient (Wildman–Crippen LogP) is 1.47. The number of carbonyl (C=O) groups is 1. The molecule has 1 aromatic carbocycles. The molecule has 3 rings (SSSR count). The summed E-state index contributed by atoms with van der Waals surface area (Å²) in [6.45, 7) is 1.55. The first-order chi connectivity index (χ1) is 11.1. The lowest BCUT2D eigenvalue weighted by molar-refractivity contribution is 0.0917. The van der Waals surface area contributed by atoms with E-state index in [2.05, 4.69) is 29.6 Å². The standard InChI is InChI=1S/C17H25N3O3/c1-20(2)14(12-7-8-12)10-19-17(21)18-9-13-11-22-15-5-3-4-6-16(15)23-13/h3-6,12-14H,7-11H2,1-2H3,(H2,18,19,21)/t13-,14-/m1/s1. The normalized spacial score (nSPS) is 20.9. The van der Waals surface area contributed by atoms with Crippen molar-refractivity contribution < 1.29 is 14.3 Å². The van der Waals surface area contributed by atoms with E-state index in [1.165, 1.54) is 12.8 Å². The molecule has 126 valence electrons. The molecule has 0 radical (unpaired) electrons. The van der Waals surface area contributed by atoms with Crippen molar-refractivity contribution in [1.29, 1.82) is 0 Å². The molecule has 0 spiro atoms. The van der Waals surface area contributed by atoms with Crippen molar-refractivity contribution in [2.24, 2.45) is 5.92 Å². The highest BCUT2D eigenvalue weighted by Crippen LogP contribution is 2.34. The van der Waals surface area contributed by atoms with Gasteiger partial charge < -0.3 is 25.0 Å². The Hall–Kier alpha value is -1.95. The third-order valence-corrected chi connectivity index (χ3v) is 4.36. The maximum absolute atomic E-state index is 12.0. The molecule has 2 N–H and O–H groups in total. The molecule has 1 fully saturated rings. The molecule has 23 heavy (non-hydrogen) atoms. The molecule has 0 unspecified atom stereocenters. The highest BCUT2D eigenvalue weighted by atomic mass is 16.6. The van der Waals surface area contributed by atoms with Crippen molar-refractivity contribution in [3.63, 3.8) is 0 Å². The number of nitrogens with zero attached hydrogens (tertiary/aromatic N) is 1. The fourth-order valence-corrected chi connectivity index (χ4v) is 2.88. The van der Waals surface area contributed by atoms with Crippen LogP contribution in [0.4, 0.5) is 4.79 Å². The molecule has 6 heteroatoms. The number of likely N-dealkylation sites (N-methyl/N-ethyl adjacent to an activating group) is 1. The monoisotopic (exact) mass is 319 g/mol. The Bertz CT molecular complexity index is 544. The molecule has 6 nitrogen and oxygen atoms in total. The number of para-hydroxylation sites is 2. The summed E-state index contributed by atoms with van der Waals surface area (Å²) in [5.41, 5.74) is 0. The van der Waals surface area contributed by atoms with Crippen LogP contribution in [-0.2, 0) is 0 Å². The molecule has 2 atom stereocenters. The van der Waals surface area contributed by atoms with Gasteiger partial charge in [-0.3, -0.25) is 0 Å². The molecule has 1 aliphatic carbocycles. The Kier molecular flexibility index (Phi) is 4.91. The van der Waals surface area contributed by atoms with Crippen LogP contribution in [0.25, 0.3) is 0 Å². The van der Waals surface area contributed by atoms with E-state index in [1.54, 1.807) is 0 Å². The van der Waals surface area contributed by atoms with E-state index >= 15 is 0 Å². The van der Waals surface area contributed by atoms with Gasteiger partial charge in [-0.15, -0.1) is 0 Å². The molecule has 0 bridgehead atoms. The number of ether oxygens (including phenoxy) is 2. The van der Waals surface area contributed by atoms with Crippen molar-refractivity contribution in [3.05, 3.63) is 24.3 Å². The summed E-state index contributed by atoms with van der Waals surface area (Å²) < 4.78 is 11.5. The fourth-order valence-electron chi connectivity index (χ4n) is 2.88. The van der Waals surface area contributed by atoms with Gasteiger partial charge in [-0.25, -0.2) is 4.79 Å². The Morgan fingerprint density at radius 3 is 2.70 bits per heavy atom. The third kappa shape index (κ3) is 4.28. The number of nitrogens with one attached hydrogen (secondary N) is 2. The molecule has 2 aliphatic rings. The molecule has 1 saturated carbocycles. The van der Waals surface area contributed by atoms with Crippen LogP contribution >= 0.6 is 0 Å². The zero-order valence-corrected chi connectivity index (χ0v) is 13.7. The molecule has 0 saturated heterocycles. The summed E-state index contributed by atoms with van der Waals surface area (Å²) in [4.78, 5) is 14.2. The fraction of sp³-hybridized carbons (Fsp3) is 0.588. The van der Waals surface area contributed by atoms with Crippen LogP contribution in [0.1, 0.15) is 12.8 Å². The topological polar surface area (TPSA) is 62.8 Å². The van der Waals surface area contributed by atoms with Gasteiger partial charge in [0.15, 0.2) is 17.6 Å². The minimum absolute atomic E-state index is 0.153. The van der Waals surface area contributed by atoms with E-state index in [4.69, 9.17) is 9.47 Å². The molecule has 1 aliphatic heterocycles. The number of hydrogen-bond donors (Lipinski definition) is 2. The zero-order chi connectivity index (χ0) is 16.2. The van der Waals surface area contributed by atoms with Gasteiger partial charge in [-0.05, 0) is 45.0 Å². The van der Waals surface area contributed by atoms with E-state index in [0.29, 0.717) is 25.7 Å². The number of carbonyl (C=O) groups excluding carboxylic acids is 1. The Morgan fingerprint density at radius 2 is 2.00 bits per heavy atom. The van der Waals surface area contributed by atoms with Crippen molar-refractivity contribution in [3.8, 4) is 11.5 Å². The second kappa shape index (κ2) is 7.08. The largest absolute Gasteiger partial charge is 0.486 e. The first kappa shape index (κ1) is 15.9. The van der Waals surface area contributed by atoms with E-state index < -0.39 is 0 Å². The van der Waals surface area contributed by atoms with Crippen LogP contribution < -0.4 is 20.1 Å². The average molecular weight is 319 g/mol. The summed E-state index contributed by atoms with van der Waals surface area (Å²) >= 11 is 0. The molecular formula is C17H25N3O3.